The predicted octanol–water partition coefficient (Wildman–Crippen LogP) is 3.38. The van der Waals surface area contributed by atoms with Crippen molar-refractivity contribution < 1.29 is 9.53 Å². The second kappa shape index (κ2) is 7.15. The lowest BCUT2D eigenvalue weighted by molar-refractivity contribution is 0.0704. The molecule has 1 fully saturated rings. The number of H-pyrrole nitrogens is 1. The Labute approximate surface area is 152 Å². The number of para-hydroxylation sites is 2. The molecule has 0 spiro atoms. The fourth-order valence-electron chi connectivity index (χ4n) is 3.47. The van der Waals surface area contributed by atoms with Gasteiger partial charge in [-0.25, -0.2) is 9.97 Å². The van der Waals surface area contributed by atoms with Crippen LogP contribution in [0.25, 0.3) is 11.0 Å². The van der Waals surface area contributed by atoms with E-state index >= 15 is 0 Å². The van der Waals surface area contributed by atoms with E-state index in [1.807, 2.05) is 36.1 Å². The summed E-state index contributed by atoms with van der Waals surface area (Å²) in [5.74, 6) is 1.76. The highest BCUT2D eigenvalue weighted by Gasteiger charge is 2.27. The van der Waals surface area contributed by atoms with E-state index in [-0.39, 0.29) is 11.8 Å². The minimum Gasteiger partial charge on any atom is -0.478 e. The monoisotopic (exact) mass is 350 g/mol. The van der Waals surface area contributed by atoms with Crippen LogP contribution >= 0.6 is 0 Å². The van der Waals surface area contributed by atoms with Crippen molar-refractivity contribution >= 4 is 16.9 Å². The number of likely N-dealkylation sites (tertiary alicyclic amines) is 1. The molecule has 1 unspecified atom stereocenters. The lowest BCUT2D eigenvalue weighted by Gasteiger charge is -2.31. The summed E-state index contributed by atoms with van der Waals surface area (Å²) >= 11 is 0. The predicted molar refractivity (Wildman–Crippen MR) is 99.4 cm³/mol. The van der Waals surface area contributed by atoms with Crippen LogP contribution in [-0.2, 0) is 0 Å². The van der Waals surface area contributed by atoms with Crippen molar-refractivity contribution in [2.75, 3.05) is 19.7 Å². The number of nitrogens with one attached hydrogen (secondary N) is 1. The van der Waals surface area contributed by atoms with Crippen molar-refractivity contribution in [3.8, 4) is 5.88 Å². The normalized spacial score (nSPS) is 17.4. The van der Waals surface area contributed by atoms with Crippen LogP contribution in [0.4, 0.5) is 0 Å². The third-order valence-electron chi connectivity index (χ3n) is 4.78. The molecule has 134 valence electrons. The molecule has 0 aliphatic carbocycles. The van der Waals surface area contributed by atoms with Gasteiger partial charge >= 0.3 is 0 Å². The lowest BCUT2D eigenvalue weighted by Crippen LogP contribution is -2.39. The number of carbonyl (C=O) groups is 1. The first-order valence-electron chi connectivity index (χ1n) is 9.07. The lowest BCUT2D eigenvalue weighted by atomic mass is 9.97. The summed E-state index contributed by atoms with van der Waals surface area (Å²) in [7, 11) is 0. The van der Waals surface area contributed by atoms with Crippen molar-refractivity contribution in [3.63, 3.8) is 0 Å². The van der Waals surface area contributed by atoms with Crippen LogP contribution in [0.15, 0.2) is 42.6 Å². The molecule has 1 atom stereocenters. The summed E-state index contributed by atoms with van der Waals surface area (Å²) in [6.07, 6.45) is 3.60. The fourth-order valence-corrected chi connectivity index (χ4v) is 3.47. The average Bonchev–Trinajstić information content (AvgIpc) is 3.13. The minimum absolute atomic E-state index is 0.0151. The molecular formula is C20H22N4O2. The molecule has 1 aliphatic heterocycles. The van der Waals surface area contributed by atoms with Gasteiger partial charge in [-0.3, -0.25) is 4.79 Å². The number of imidazole rings is 1. The van der Waals surface area contributed by atoms with Gasteiger partial charge in [0.25, 0.3) is 5.91 Å². The van der Waals surface area contributed by atoms with Gasteiger partial charge in [0.2, 0.25) is 5.88 Å². The van der Waals surface area contributed by atoms with Crippen molar-refractivity contribution in [2.24, 2.45) is 0 Å². The first kappa shape index (κ1) is 16.6. The van der Waals surface area contributed by atoms with Gasteiger partial charge in [-0.1, -0.05) is 12.1 Å². The third-order valence-corrected chi connectivity index (χ3v) is 4.78. The molecule has 1 saturated heterocycles. The maximum absolute atomic E-state index is 12.8. The van der Waals surface area contributed by atoms with Crippen molar-refractivity contribution in [3.05, 3.63) is 54.0 Å². The highest BCUT2D eigenvalue weighted by atomic mass is 16.5. The van der Waals surface area contributed by atoms with E-state index in [9.17, 15) is 4.79 Å². The van der Waals surface area contributed by atoms with E-state index in [4.69, 9.17) is 9.72 Å². The van der Waals surface area contributed by atoms with Gasteiger partial charge in [-0.15, -0.1) is 0 Å². The Bertz CT molecular complexity index is 871. The second-order valence-electron chi connectivity index (χ2n) is 6.55. The summed E-state index contributed by atoms with van der Waals surface area (Å²) < 4.78 is 5.34. The van der Waals surface area contributed by atoms with E-state index in [1.165, 1.54) is 0 Å². The number of ether oxygens (including phenoxy) is 1. The van der Waals surface area contributed by atoms with Crippen LogP contribution in [-0.4, -0.2) is 45.5 Å². The number of aromatic nitrogens is 3. The summed E-state index contributed by atoms with van der Waals surface area (Å²) in [4.78, 5) is 27.1. The number of nitrogens with zero attached hydrogens (tertiary/aromatic N) is 3. The molecule has 3 aromatic rings. The molecule has 2 aromatic heterocycles. The van der Waals surface area contributed by atoms with E-state index in [1.54, 1.807) is 18.3 Å². The Morgan fingerprint density at radius 2 is 2.19 bits per heavy atom. The molecule has 1 amide bonds. The number of aromatic amines is 1. The van der Waals surface area contributed by atoms with Gasteiger partial charge in [-0.2, -0.15) is 0 Å². The largest absolute Gasteiger partial charge is 0.478 e. The zero-order chi connectivity index (χ0) is 17.9. The molecule has 6 nitrogen and oxygen atoms in total. The van der Waals surface area contributed by atoms with E-state index in [0.717, 1.165) is 36.2 Å². The molecule has 1 N–H and O–H groups in total. The quantitative estimate of drug-likeness (QED) is 0.783. The van der Waals surface area contributed by atoms with Crippen molar-refractivity contribution in [1.82, 2.24) is 19.9 Å². The molecule has 26 heavy (non-hydrogen) atoms. The molecule has 0 saturated carbocycles. The van der Waals surface area contributed by atoms with Crippen LogP contribution in [0, 0.1) is 0 Å². The van der Waals surface area contributed by atoms with E-state index in [0.29, 0.717) is 24.6 Å². The second-order valence-corrected chi connectivity index (χ2v) is 6.55. The summed E-state index contributed by atoms with van der Waals surface area (Å²) in [5, 5.41) is 0. The maximum atomic E-state index is 12.8. The Balaban J connectivity index is 1.49. The number of piperidine rings is 1. The first-order valence-corrected chi connectivity index (χ1v) is 9.07. The number of pyridine rings is 1. The molecule has 3 heterocycles. The fraction of sp³-hybridized carbons (Fsp3) is 0.350. The average molecular weight is 350 g/mol. The molecule has 4 rings (SSSR count). The Morgan fingerprint density at radius 3 is 2.96 bits per heavy atom. The number of hydrogen-bond acceptors (Lipinski definition) is 4. The van der Waals surface area contributed by atoms with Gasteiger partial charge in [-0.05, 0) is 38.0 Å². The topological polar surface area (TPSA) is 71.1 Å². The Hall–Kier alpha value is -2.89. The smallest absolute Gasteiger partial charge is 0.255 e. The summed E-state index contributed by atoms with van der Waals surface area (Å²) in [6.45, 7) is 3.91. The van der Waals surface area contributed by atoms with Crippen molar-refractivity contribution in [2.45, 2.75) is 25.7 Å². The third kappa shape index (κ3) is 3.27. The van der Waals surface area contributed by atoms with Crippen LogP contribution in [0.5, 0.6) is 5.88 Å². The molecule has 1 aliphatic rings. The number of carbonyl (C=O) groups excluding carboxylic acids is 1. The summed E-state index contributed by atoms with van der Waals surface area (Å²) in [5.41, 5.74) is 2.61. The number of hydrogen-bond donors (Lipinski definition) is 1. The van der Waals surface area contributed by atoms with Gasteiger partial charge in [0.1, 0.15) is 5.82 Å². The zero-order valence-electron chi connectivity index (χ0n) is 14.8. The van der Waals surface area contributed by atoms with Crippen LogP contribution in [0.2, 0.25) is 0 Å². The van der Waals surface area contributed by atoms with Crippen LogP contribution in [0.3, 0.4) is 0 Å². The molecule has 1 aromatic carbocycles. The first-order chi connectivity index (χ1) is 12.7. The Kier molecular flexibility index (Phi) is 4.56. The maximum Gasteiger partial charge on any atom is 0.255 e. The van der Waals surface area contributed by atoms with Gasteiger partial charge in [0, 0.05) is 31.3 Å². The van der Waals surface area contributed by atoms with E-state index < -0.39 is 0 Å². The standard InChI is InChI=1S/C20H22N4O2/c1-2-26-18-10-9-14(12-21-18)20(25)24-11-5-6-15(13-24)19-22-16-7-3-4-8-17(16)23-19/h3-4,7-10,12,15H,2,5-6,11,13H2,1H3,(H,22,23). The van der Waals surface area contributed by atoms with Gasteiger partial charge in [0.15, 0.2) is 0 Å². The highest BCUT2D eigenvalue weighted by molar-refractivity contribution is 5.94. The summed E-state index contributed by atoms with van der Waals surface area (Å²) in [6, 6.07) is 11.6. The van der Waals surface area contributed by atoms with Gasteiger partial charge < -0.3 is 14.6 Å². The van der Waals surface area contributed by atoms with Crippen LogP contribution in [0.1, 0.15) is 41.9 Å². The number of amides is 1. The molecule has 0 bridgehead atoms. The molecule has 0 radical (unpaired) electrons. The number of benzene rings is 1. The molecule has 6 heteroatoms. The molecular weight excluding hydrogens is 328 g/mol. The number of rotatable bonds is 4. The van der Waals surface area contributed by atoms with E-state index in [2.05, 4.69) is 9.97 Å². The van der Waals surface area contributed by atoms with Gasteiger partial charge in [0.05, 0.1) is 23.2 Å². The highest BCUT2D eigenvalue weighted by Crippen LogP contribution is 2.27. The van der Waals surface area contributed by atoms with Crippen molar-refractivity contribution in [1.29, 1.82) is 0 Å². The minimum atomic E-state index is 0.0151. The SMILES string of the molecule is CCOc1ccc(C(=O)N2CCCC(c3nc4ccccc4[nH]3)C2)cn1. The Morgan fingerprint density at radius 1 is 1.31 bits per heavy atom. The zero-order valence-corrected chi connectivity index (χ0v) is 14.8. The van der Waals surface area contributed by atoms with Crippen LogP contribution < -0.4 is 4.74 Å². The number of fused-ring (bicyclic) bond motifs is 1.